The molecule has 130 valence electrons. The lowest BCUT2D eigenvalue weighted by Gasteiger charge is -2.35. The summed E-state index contributed by atoms with van der Waals surface area (Å²) in [5, 5.41) is 2.84. The molecule has 8 nitrogen and oxygen atoms in total. The molecule has 0 aliphatic carbocycles. The van der Waals surface area contributed by atoms with E-state index in [2.05, 4.69) is 15.1 Å². The molecule has 25 heavy (non-hydrogen) atoms. The van der Waals surface area contributed by atoms with Crippen LogP contribution in [-0.4, -0.2) is 41.5 Å². The summed E-state index contributed by atoms with van der Waals surface area (Å²) in [4.78, 5) is 35.7. The normalized spacial score (nSPS) is 18.0. The minimum atomic E-state index is -0.159. The lowest BCUT2D eigenvalue weighted by Crippen LogP contribution is -2.41. The van der Waals surface area contributed by atoms with Gasteiger partial charge >= 0.3 is 0 Å². The van der Waals surface area contributed by atoms with Crippen molar-refractivity contribution in [1.29, 1.82) is 0 Å². The molecular formula is C17H20N6O2. The summed E-state index contributed by atoms with van der Waals surface area (Å²) in [7, 11) is 0. The average Bonchev–Trinajstić information content (AvgIpc) is 3.24. The number of nitrogens with one attached hydrogen (secondary N) is 1. The van der Waals surface area contributed by atoms with E-state index in [9.17, 15) is 9.59 Å². The van der Waals surface area contributed by atoms with E-state index < -0.39 is 0 Å². The molecule has 1 atom stereocenters. The first-order valence-corrected chi connectivity index (χ1v) is 8.48. The fourth-order valence-electron chi connectivity index (χ4n) is 3.46. The third-order valence-corrected chi connectivity index (χ3v) is 4.79. The van der Waals surface area contributed by atoms with E-state index in [1.807, 2.05) is 22.6 Å². The molecule has 0 aromatic carbocycles. The van der Waals surface area contributed by atoms with Crippen LogP contribution in [0.5, 0.6) is 0 Å². The predicted molar refractivity (Wildman–Crippen MR) is 91.1 cm³/mol. The number of aromatic amines is 1. The van der Waals surface area contributed by atoms with Gasteiger partial charge in [0.15, 0.2) is 5.65 Å². The van der Waals surface area contributed by atoms with Crippen LogP contribution in [0, 0.1) is 6.92 Å². The highest BCUT2D eigenvalue weighted by Crippen LogP contribution is 2.29. The topological polar surface area (TPSA) is 88.3 Å². The van der Waals surface area contributed by atoms with Crippen molar-refractivity contribution < 1.29 is 4.79 Å². The lowest BCUT2D eigenvalue weighted by atomic mass is 9.99. The van der Waals surface area contributed by atoms with Gasteiger partial charge < -0.3 is 9.47 Å². The summed E-state index contributed by atoms with van der Waals surface area (Å²) in [5.41, 5.74) is 1.08. The molecule has 3 aromatic heterocycles. The predicted octanol–water partition coefficient (Wildman–Crippen LogP) is 1.28. The molecule has 1 aliphatic heterocycles. The molecule has 1 N–H and O–H groups in total. The molecule has 4 heterocycles. The van der Waals surface area contributed by atoms with Crippen molar-refractivity contribution in [2.75, 3.05) is 6.54 Å². The number of likely N-dealkylation sites (tertiary alicyclic amines) is 1. The van der Waals surface area contributed by atoms with Gasteiger partial charge in [0.1, 0.15) is 12.4 Å². The quantitative estimate of drug-likeness (QED) is 0.778. The van der Waals surface area contributed by atoms with Crippen molar-refractivity contribution in [1.82, 2.24) is 29.0 Å². The Morgan fingerprint density at radius 3 is 3.08 bits per heavy atom. The van der Waals surface area contributed by atoms with E-state index in [0.29, 0.717) is 17.9 Å². The van der Waals surface area contributed by atoms with Crippen LogP contribution in [0.25, 0.3) is 5.65 Å². The standard InChI is InChI=1S/C17H20N6O2/c1-12-18-7-9-21(12)11-17(25)22-8-3-2-4-14(22)13-10-16(24)23-15(20-13)5-6-19-23/h5-7,9-10,14,19H,2-4,8,11H2,1H3/t14-/m1/s1. The Labute approximate surface area is 144 Å². The Balaban J connectivity index is 1.65. The smallest absolute Gasteiger partial charge is 0.272 e. The first kappa shape index (κ1) is 15.6. The Kier molecular flexibility index (Phi) is 3.87. The summed E-state index contributed by atoms with van der Waals surface area (Å²) in [6, 6.07) is 3.13. The Morgan fingerprint density at radius 2 is 2.28 bits per heavy atom. The number of fused-ring (bicyclic) bond motifs is 1. The zero-order valence-electron chi connectivity index (χ0n) is 14.1. The second-order valence-corrected chi connectivity index (χ2v) is 6.38. The van der Waals surface area contributed by atoms with E-state index >= 15 is 0 Å². The van der Waals surface area contributed by atoms with Crippen LogP contribution in [0.1, 0.15) is 36.8 Å². The van der Waals surface area contributed by atoms with E-state index in [1.165, 1.54) is 10.6 Å². The number of H-pyrrole nitrogens is 1. The summed E-state index contributed by atoms with van der Waals surface area (Å²) >= 11 is 0. The summed E-state index contributed by atoms with van der Waals surface area (Å²) in [6.45, 7) is 2.82. The molecule has 0 unspecified atom stereocenters. The maximum Gasteiger partial charge on any atom is 0.272 e. The van der Waals surface area contributed by atoms with Gasteiger partial charge in [-0.1, -0.05) is 0 Å². The molecule has 0 spiro atoms. The fourth-order valence-corrected chi connectivity index (χ4v) is 3.46. The molecule has 1 aliphatic rings. The Bertz CT molecular complexity index is 969. The maximum atomic E-state index is 12.9. The number of nitrogens with zero attached hydrogens (tertiary/aromatic N) is 5. The van der Waals surface area contributed by atoms with Gasteiger partial charge in [0, 0.05) is 37.3 Å². The number of hydrogen-bond acceptors (Lipinski definition) is 4. The van der Waals surface area contributed by atoms with Crippen LogP contribution in [-0.2, 0) is 11.3 Å². The second-order valence-electron chi connectivity index (χ2n) is 6.38. The molecule has 3 aromatic rings. The Morgan fingerprint density at radius 1 is 1.40 bits per heavy atom. The van der Waals surface area contributed by atoms with E-state index in [4.69, 9.17) is 0 Å². The monoisotopic (exact) mass is 340 g/mol. The highest BCUT2D eigenvalue weighted by atomic mass is 16.2. The number of piperidine rings is 1. The number of amides is 1. The minimum absolute atomic E-state index is 0.0295. The largest absolute Gasteiger partial charge is 0.333 e. The molecule has 0 radical (unpaired) electrons. The van der Waals surface area contributed by atoms with Gasteiger partial charge in [-0.25, -0.2) is 14.5 Å². The third kappa shape index (κ3) is 2.84. The van der Waals surface area contributed by atoms with Crippen molar-refractivity contribution in [3.8, 4) is 0 Å². The van der Waals surface area contributed by atoms with Crippen LogP contribution >= 0.6 is 0 Å². The van der Waals surface area contributed by atoms with Crippen LogP contribution in [0.3, 0.4) is 0 Å². The van der Waals surface area contributed by atoms with Crippen LogP contribution in [0.4, 0.5) is 0 Å². The first-order chi connectivity index (χ1) is 12.1. The zero-order valence-corrected chi connectivity index (χ0v) is 14.1. The van der Waals surface area contributed by atoms with Crippen molar-refractivity contribution in [3.63, 3.8) is 0 Å². The average molecular weight is 340 g/mol. The minimum Gasteiger partial charge on any atom is -0.333 e. The molecule has 4 rings (SSSR count). The van der Waals surface area contributed by atoms with Gasteiger partial charge in [0.25, 0.3) is 5.56 Å². The highest BCUT2D eigenvalue weighted by Gasteiger charge is 2.29. The molecule has 1 amide bonds. The van der Waals surface area contributed by atoms with Gasteiger partial charge in [-0.2, -0.15) is 0 Å². The second kappa shape index (κ2) is 6.19. The van der Waals surface area contributed by atoms with E-state index in [0.717, 1.165) is 25.1 Å². The van der Waals surface area contributed by atoms with Crippen molar-refractivity contribution in [2.24, 2.45) is 0 Å². The third-order valence-electron chi connectivity index (χ3n) is 4.79. The number of aryl methyl sites for hydroxylation is 1. The van der Waals surface area contributed by atoms with E-state index in [1.54, 1.807) is 18.5 Å². The molecule has 0 saturated carbocycles. The van der Waals surface area contributed by atoms with Crippen LogP contribution in [0.2, 0.25) is 0 Å². The van der Waals surface area contributed by atoms with Crippen molar-refractivity contribution >= 4 is 11.6 Å². The van der Waals surface area contributed by atoms with Gasteiger partial charge in [-0.05, 0) is 26.2 Å². The molecular weight excluding hydrogens is 320 g/mol. The van der Waals surface area contributed by atoms with Gasteiger partial charge in [0.05, 0.1) is 11.7 Å². The number of hydrogen-bond donors (Lipinski definition) is 1. The summed E-state index contributed by atoms with van der Waals surface area (Å²) in [5.74, 6) is 0.842. The van der Waals surface area contributed by atoms with E-state index in [-0.39, 0.29) is 24.1 Å². The molecule has 8 heteroatoms. The van der Waals surface area contributed by atoms with Crippen molar-refractivity contribution in [3.05, 3.63) is 52.6 Å². The highest BCUT2D eigenvalue weighted by molar-refractivity contribution is 5.76. The summed E-state index contributed by atoms with van der Waals surface area (Å²) < 4.78 is 3.24. The molecule has 0 bridgehead atoms. The number of aromatic nitrogens is 5. The number of imidazole rings is 1. The fraction of sp³-hybridized carbons (Fsp3) is 0.412. The van der Waals surface area contributed by atoms with Gasteiger partial charge in [0.2, 0.25) is 5.91 Å². The number of carbonyl (C=O) groups is 1. The maximum absolute atomic E-state index is 12.9. The van der Waals surface area contributed by atoms with Crippen molar-refractivity contribution in [2.45, 2.75) is 38.8 Å². The summed E-state index contributed by atoms with van der Waals surface area (Å²) in [6.07, 6.45) is 7.99. The number of rotatable bonds is 3. The molecule has 1 saturated heterocycles. The SMILES string of the molecule is Cc1nccn1CC(=O)N1CCCC[C@@H]1c1cc(=O)n2[nH]ccc2n1. The van der Waals surface area contributed by atoms with Crippen LogP contribution < -0.4 is 5.56 Å². The zero-order chi connectivity index (χ0) is 17.4. The van der Waals surface area contributed by atoms with Crippen LogP contribution in [0.15, 0.2) is 35.5 Å². The Hall–Kier alpha value is -2.90. The molecule has 1 fully saturated rings. The van der Waals surface area contributed by atoms with Gasteiger partial charge in [-0.3, -0.25) is 14.7 Å². The van der Waals surface area contributed by atoms with Gasteiger partial charge in [-0.15, -0.1) is 0 Å². The lowest BCUT2D eigenvalue weighted by molar-refractivity contribution is -0.135. The first-order valence-electron chi connectivity index (χ1n) is 8.48. The number of carbonyl (C=O) groups excluding carboxylic acids is 1.